The Kier molecular flexibility index (Phi) is 4.16. The van der Waals surface area contributed by atoms with Crippen molar-refractivity contribution in [3.63, 3.8) is 0 Å². The zero-order valence-corrected chi connectivity index (χ0v) is 11.1. The number of amides is 1. The maximum Gasteiger partial charge on any atom is 0.343 e. The highest BCUT2D eigenvalue weighted by Gasteiger charge is 2.26. The van der Waals surface area contributed by atoms with Crippen molar-refractivity contribution in [2.75, 3.05) is 18.5 Å². The Balaban J connectivity index is 2.11. The molecule has 0 aromatic carbocycles. The second kappa shape index (κ2) is 5.83. The summed E-state index contributed by atoms with van der Waals surface area (Å²) in [4.78, 5) is 23.8. The van der Waals surface area contributed by atoms with Crippen LogP contribution in [0.15, 0.2) is 0 Å². The van der Waals surface area contributed by atoms with Crippen LogP contribution in [0.25, 0.3) is 0 Å². The van der Waals surface area contributed by atoms with Gasteiger partial charge in [-0.3, -0.25) is 9.89 Å². The van der Waals surface area contributed by atoms with E-state index >= 15 is 0 Å². The predicted octanol–water partition coefficient (Wildman–Crippen LogP) is 0.585. The van der Waals surface area contributed by atoms with Crippen molar-refractivity contribution in [2.24, 2.45) is 0 Å². The van der Waals surface area contributed by atoms with E-state index in [1.54, 1.807) is 13.8 Å². The van der Waals surface area contributed by atoms with Crippen molar-refractivity contribution in [1.82, 2.24) is 15.5 Å². The van der Waals surface area contributed by atoms with E-state index in [-0.39, 0.29) is 29.9 Å². The van der Waals surface area contributed by atoms with E-state index in [0.29, 0.717) is 5.69 Å². The second-order valence-corrected chi connectivity index (χ2v) is 4.43. The predicted molar refractivity (Wildman–Crippen MR) is 68.9 cm³/mol. The van der Waals surface area contributed by atoms with Crippen LogP contribution < -0.4 is 10.6 Å². The number of nitrogens with zero attached hydrogens (tertiary/aromatic N) is 1. The van der Waals surface area contributed by atoms with Crippen molar-refractivity contribution >= 4 is 17.7 Å². The molecule has 1 aliphatic rings. The number of esters is 1. The number of aromatic amines is 1. The smallest absolute Gasteiger partial charge is 0.343 e. The fraction of sp³-hybridized carbons (Fsp3) is 0.583. The maximum atomic E-state index is 12.0. The minimum absolute atomic E-state index is 0.172. The zero-order chi connectivity index (χ0) is 13.8. The van der Waals surface area contributed by atoms with Gasteiger partial charge in [0.1, 0.15) is 5.56 Å². The van der Waals surface area contributed by atoms with E-state index in [4.69, 9.17) is 4.74 Å². The number of aromatic nitrogens is 2. The minimum Gasteiger partial charge on any atom is -0.462 e. The first-order valence-corrected chi connectivity index (χ1v) is 6.39. The lowest BCUT2D eigenvalue weighted by Gasteiger charge is -2.10. The van der Waals surface area contributed by atoms with Gasteiger partial charge < -0.3 is 15.4 Å². The molecule has 104 valence electrons. The monoisotopic (exact) mass is 266 g/mol. The topological polar surface area (TPSA) is 96.1 Å². The Morgan fingerprint density at radius 2 is 2.32 bits per heavy atom. The number of nitrogens with one attached hydrogen (secondary N) is 3. The lowest BCUT2D eigenvalue weighted by Crippen LogP contribution is -2.36. The van der Waals surface area contributed by atoms with Crippen LogP contribution in [0.3, 0.4) is 0 Å². The second-order valence-electron chi connectivity index (χ2n) is 4.43. The molecule has 3 N–H and O–H groups in total. The van der Waals surface area contributed by atoms with Gasteiger partial charge in [0.15, 0.2) is 5.82 Å². The summed E-state index contributed by atoms with van der Waals surface area (Å²) in [6, 6.07) is -0.216. The van der Waals surface area contributed by atoms with E-state index in [0.717, 1.165) is 19.4 Å². The number of aryl methyl sites for hydroxylation is 1. The lowest BCUT2D eigenvalue weighted by atomic mass is 10.2. The van der Waals surface area contributed by atoms with Gasteiger partial charge in [0.05, 0.1) is 12.6 Å². The molecule has 1 aromatic heterocycles. The van der Waals surface area contributed by atoms with Crippen LogP contribution >= 0.6 is 0 Å². The van der Waals surface area contributed by atoms with Crippen LogP contribution in [0.1, 0.15) is 35.8 Å². The first-order chi connectivity index (χ1) is 9.13. The molecule has 1 atom stereocenters. The molecule has 0 saturated carbocycles. The van der Waals surface area contributed by atoms with Crippen molar-refractivity contribution in [1.29, 1.82) is 0 Å². The summed E-state index contributed by atoms with van der Waals surface area (Å²) < 4.78 is 4.95. The van der Waals surface area contributed by atoms with Gasteiger partial charge in [0.2, 0.25) is 5.91 Å². The van der Waals surface area contributed by atoms with Gasteiger partial charge in [-0.1, -0.05) is 0 Å². The van der Waals surface area contributed by atoms with Crippen LogP contribution in [0.2, 0.25) is 0 Å². The van der Waals surface area contributed by atoms with Crippen LogP contribution in [0, 0.1) is 6.92 Å². The third kappa shape index (κ3) is 2.93. The summed E-state index contributed by atoms with van der Waals surface area (Å²) in [6.45, 7) is 4.56. The first kappa shape index (κ1) is 13.5. The van der Waals surface area contributed by atoms with E-state index in [2.05, 4.69) is 20.8 Å². The summed E-state index contributed by atoms with van der Waals surface area (Å²) in [7, 11) is 0. The number of ether oxygens (including phenoxy) is 1. The SMILES string of the molecule is CCOC(=O)c1c(NC(=O)C2CCCN2)n[nH]c1C. The number of rotatable bonds is 4. The fourth-order valence-electron chi connectivity index (χ4n) is 2.08. The highest BCUT2D eigenvalue weighted by atomic mass is 16.5. The summed E-state index contributed by atoms with van der Waals surface area (Å²) in [6.07, 6.45) is 1.77. The van der Waals surface area contributed by atoms with E-state index in [1.807, 2.05) is 0 Å². The van der Waals surface area contributed by atoms with Crippen LogP contribution in [0.4, 0.5) is 5.82 Å². The van der Waals surface area contributed by atoms with Gasteiger partial charge in [-0.15, -0.1) is 0 Å². The highest BCUT2D eigenvalue weighted by Crippen LogP contribution is 2.18. The van der Waals surface area contributed by atoms with Crippen molar-refractivity contribution in [3.8, 4) is 0 Å². The lowest BCUT2D eigenvalue weighted by molar-refractivity contribution is -0.117. The molecule has 1 amide bonds. The number of carbonyl (C=O) groups is 2. The molecule has 19 heavy (non-hydrogen) atoms. The van der Waals surface area contributed by atoms with Crippen molar-refractivity contribution < 1.29 is 14.3 Å². The van der Waals surface area contributed by atoms with Crippen molar-refractivity contribution in [2.45, 2.75) is 32.7 Å². The minimum atomic E-state index is -0.483. The molecule has 2 rings (SSSR count). The van der Waals surface area contributed by atoms with Gasteiger partial charge in [-0.05, 0) is 33.2 Å². The third-order valence-corrected chi connectivity index (χ3v) is 3.05. The van der Waals surface area contributed by atoms with Gasteiger partial charge in [0.25, 0.3) is 0 Å². The molecule has 7 heteroatoms. The van der Waals surface area contributed by atoms with Gasteiger partial charge in [0, 0.05) is 5.69 Å². The molecule has 0 aliphatic carbocycles. The summed E-state index contributed by atoms with van der Waals surface area (Å²) >= 11 is 0. The average molecular weight is 266 g/mol. The van der Waals surface area contributed by atoms with E-state index < -0.39 is 5.97 Å². The Morgan fingerprint density at radius 1 is 1.53 bits per heavy atom. The Bertz CT molecular complexity index is 477. The summed E-state index contributed by atoms with van der Waals surface area (Å²) in [5.74, 6) is -0.423. The molecule has 1 aliphatic heterocycles. The summed E-state index contributed by atoms with van der Waals surface area (Å²) in [5.41, 5.74) is 0.862. The molecule has 1 aromatic rings. The van der Waals surface area contributed by atoms with Crippen LogP contribution in [0.5, 0.6) is 0 Å². The standard InChI is InChI=1S/C12H18N4O3/c1-3-19-12(18)9-7(2)15-16-10(9)14-11(17)8-5-4-6-13-8/h8,13H,3-6H2,1-2H3,(H2,14,15,16,17). The van der Waals surface area contributed by atoms with Gasteiger partial charge in [-0.25, -0.2) is 4.79 Å². The molecule has 0 spiro atoms. The fourth-order valence-corrected chi connectivity index (χ4v) is 2.08. The number of H-pyrrole nitrogens is 1. The molecule has 7 nitrogen and oxygen atoms in total. The Morgan fingerprint density at radius 3 is 2.95 bits per heavy atom. The largest absolute Gasteiger partial charge is 0.462 e. The van der Waals surface area contributed by atoms with Gasteiger partial charge >= 0.3 is 5.97 Å². The Hall–Kier alpha value is -1.89. The zero-order valence-electron chi connectivity index (χ0n) is 11.1. The average Bonchev–Trinajstić information content (AvgIpc) is 2.99. The van der Waals surface area contributed by atoms with E-state index in [9.17, 15) is 9.59 Å². The van der Waals surface area contributed by atoms with Gasteiger partial charge in [-0.2, -0.15) is 5.10 Å². The quantitative estimate of drug-likeness (QED) is 0.693. The molecule has 1 unspecified atom stereocenters. The third-order valence-electron chi connectivity index (χ3n) is 3.05. The van der Waals surface area contributed by atoms with Crippen LogP contribution in [-0.4, -0.2) is 41.3 Å². The molecular formula is C12H18N4O3. The molecule has 0 radical (unpaired) electrons. The van der Waals surface area contributed by atoms with Crippen LogP contribution in [-0.2, 0) is 9.53 Å². The summed E-state index contributed by atoms with van der Waals surface area (Å²) in [5, 5.41) is 12.4. The Labute approximate surface area is 111 Å². The van der Waals surface area contributed by atoms with E-state index in [1.165, 1.54) is 0 Å². The molecular weight excluding hydrogens is 248 g/mol. The number of hydrogen-bond acceptors (Lipinski definition) is 5. The number of hydrogen-bond donors (Lipinski definition) is 3. The maximum absolute atomic E-state index is 12.0. The first-order valence-electron chi connectivity index (χ1n) is 6.39. The number of anilines is 1. The molecule has 2 heterocycles. The number of carbonyl (C=O) groups excluding carboxylic acids is 2. The van der Waals surface area contributed by atoms with Crippen molar-refractivity contribution in [3.05, 3.63) is 11.3 Å². The normalized spacial score (nSPS) is 18.3. The molecule has 1 fully saturated rings. The molecule has 1 saturated heterocycles. The highest BCUT2D eigenvalue weighted by molar-refractivity contribution is 6.02. The molecule has 0 bridgehead atoms.